The summed E-state index contributed by atoms with van der Waals surface area (Å²) in [4.78, 5) is 43.7. The normalized spacial score (nSPS) is 27.7. The smallest absolute Gasteiger partial charge is 0.258 e. The standard InChI is InChI=1S/C27H36N6O5S/c1-16(2)24-26(35)30-18(4)27(36)33-11-5-8-23(31-33)25(34)29-17(3)19-9-10-20-15-28-22(14-21(20)13-19)7-6-12-39(37,38)32-24/h6-7,9-10,13-18,23-24,31-32H,5,8,11-12H2,1-4H3,(H,29,34)(H,30,35)/b7-6+/t17-,18+,23+,24+/m1/s1. The van der Waals surface area contributed by atoms with E-state index in [4.69, 9.17) is 0 Å². The van der Waals surface area contributed by atoms with Crippen molar-refractivity contribution < 1.29 is 22.8 Å². The molecule has 210 valence electrons. The molecule has 3 heterocycles. The highest BCUT2D eigenvalue weighted by Crippen LogP contribution is 2.22. The van der Waals surface area contributed by atoms with Gasteiger partial charge in [-0.3, -0.25) is 24.4 Å². The van der Waals surface area contributed by atoms with Crippen molar-refractivity contribution in [3.8, 4) is 0 Å². The zero-order valence-corrected chi connectivity index (χ0v) is 23.4. The number of nitrogens with zero attached hydrogens (tertiary/aromatic N) is 2. The molecule has 4 atom stereocenters. The first kappa shape index (κ1) is 28.7. The first-order valence-corrected chi connectivity index (χ1v) is 14.8. The number of hydrazine groups is 1. The lowest BCUT2D eigenvalue weighted by molar-refractivity contribution is -0.143. The average Bonchev–Trinajstić information content (AvgIpc) is 2.90. The topological polar surface area (TPSA) is 150 Å². The number of rotatable bonds is 1. The Labute approximate surface area is 228 Å². The van der Waals surface area contributed by atoms with E-state index in [1.165, 1.54) is 18.0 Å². The van der Waals surface area contributed by atoms with Crippen molar-refractivity contribution in [1.29, 1.82) is 0 Å². The summed E-state index contributed by atoms with van der Waals surface area (Å²) >= 11 is 0. The maximum Gasteiger partial charge on any atom is 0.258 e. The first-order chi connectivity index (χ1) is 18.4. The Kier molecular flexibility index (Phi) is 8.67. The molecule has 3 amide bonds. The van der Waals surface area contributed by atoms with Crippen molar-refractivity contribution >= 4 is 44.6 Å². The van der Waals surface area contributed by atoms with Crippen molar-refractivity contribution in [2.75, 3.05) is 12.3 Å². The summed E-state index contributed by atoms with van der Waals surface area (Å²) in [6, 6.07) is 4.76. The number of hydrogen-bond acceptors (Lipinski definition) is 7. The number of amides is 3. The third-order valence-corrected chi connectivity index (χ3v) is 8.23. The van der Waals surface area contributed by atoms with Gasteiger partial charge in [0, 0.05) is 18.1 Å². The van der Waals surface area contributed by atoms with E-state index in [-0.39, 0.29) is 23.6 Å². The Morgan fingerprint density at radius 3 is 2.49 bits per heavy atom. The molecule has 12 heteroatoms. The molecule has 2 aliphatic rings. The molecule has 0 spiro atoms. The van der Waals surface area contributed by atoms with E-state index >= 15 is 0 Å². The van der Waals surface area contributed by atoms with Crippen LogP contribution in [0, 0.1) is 5.92 Å². The molecule has 0 radical (unpaired) electrons. The van der Waals surface area contributed by atoms with Crippen LogP contribution >= 0.6 is 0 Å². The molecule has 11 nitrogen and oxygen atoms in total. The lowest BCUT2D eigenvalue weighted by Crippen LogP contribution is -2.62. The Hall–Kier alpha value is -3.35. The van der Waals surface area contributed by atoms with Crippen LogP contribution in [0.2, 0.25) is 0 Å². The highest BCUT2D eigenvalue weighted by molar-refractivity contribution is 7.89. The SMILES string of the molecule is CC(C)[C@@H]1NS(=O)(=O)C/C=C/c2cc3cc(ccc3cn2)[C@@H](C)NC(=O)[C@@H]2CCCN(N2)C(=O)[C@H](C)NC1=O. The van der Waals surface area contributed by atoms with Crippen LogP contribution in [0.3, 0.4) is 0 Å². The van der Waals surface area contributed by atoms with Gasteiger partial charge in [0.2, 0.25) is 21.8 Å². The van der Waals surface area contributed by atoms with Gasteiger partial charge in [-0.1, -0.05) is 32.1 Å². The highest BCUT2D eigenvalue weighted by atomic mass is 32.2. The van der Waals surface area contributed by atoms with E-state index in [9.17, 15) is 22.8 Å². The van der Waals surface area contributed by atoms with E-state index in [0.717, 1.165) is 16.3 Å². The second-order valence-electron chi connectivity index (χ2n) is 10.5. The number of pyridine rings is 1. The monoisotopic (exact) mass is 556 g/mol. The molecule has 0 saturated carbocycles. The van der Waals surface area contributed by atoms with Crippen molar-refractivity contribution in [2.24, 2.45) is 5.92 Å². The van der Waals surface area contributed by atoms with Crippen molar-refractivity contribution in [1.82, 2.24) is 30.8 Å². The summed E-state index contributed by atoms with van der Waals surface area (Å²) in [5, 5.41) is 8.83. The molecular weight excluding hydrogens is 520 g/mol. The zero-order valence-electron chi connectivity index (χ0n) is 22.6. The Morgan fingerprint density at radius 1 is 1.00 bits per heavy atom. The molecule has 2 aliphatic heterocycles. The van der Waals surface area contributed by atoms with Crippen molar-refractivity contribution in [2.45, 2.75) is 64.7 Å². The van der Waals surface area contributed by atoms with Crippen LogP contribution in [0.1, 0.15) is 57.8 Å². The fourth-order valence-electron chi connectivity index (χ4n) is 4.70. The van der Waals surface area contributed by atoms with Gasteiger partial charge in [0.1, 0.15) is 18.1 Å². The van der Waals surface area contributed by atoms with Gasteiger partial charge in [-0.15, -0.1) is 0 Å². The van der Waals surface area contributed by atoms with Crippen molar-refractivity contribution in [3.05, 3.63) is 47.8 Å². The fraction of sp³-hybridized carbons (Fsp3) is 0.481. The molecule has 1 fully saturated rings. The molecule has 1 aromatic heterocycles. The van der Waals surface area contributed by atoms with Gasteiger partial charge < -0.3 is 10.6 Å². The van der Waals surface area contributed by atoms with E-state index in [0.29, 0.717) is 25.1 Å². The van der Waals surface area contributed by atoms with Crippen LogP contribution in [0.4, 0.5) is 0 Å². The van der Waals surface area contributed by atoms with E-state index in [1.807, 2.05) is 31.2 Å². The molecule has 1 saturated heterocycles. The number of benzene rings is 1. The molecule has 5 bridgehead atoms. The molecule has 39 heavy (non-hydrogen) atoms. The van der Waals surface area contributed by atoms with E-state index < -0.39 is 40.0 Å². The van der Waals surface area contributed by atoms with Crippen LogP contribution in [-0.2, 0) is 24.4 Å². The Bertz CT molecular complexity index is 1390. The maximum atomic E-state index is 13.1. The van der Waals surface area contributed by atoms with Crippen LogP contribution in [0.25, 0.3) is 16.8 Å². The van der Waals surface area contributed by atoms with Gasteiger partial charge in [0.25, 0.3) is 5.91 Å². The van der Waals surface area contributed by atoms with E-state index in [1.54, 1.807) is 26.1 Å². The minimum Gasteiger partial charge on any atom is -0.348 e. The number of nitrogens with one attached hydrogen (secondary N) is 4. The number of aromatic nitrogens is 1. The van der Waals surface area contributed by atoms with Crippen LogP contribution in [-0.4, -0.2) is 66.6 Å². The molecule has 4 rings (SSSR count). The molecule has 1 aromatic carbocycles. The molecule has 0 aliphatic carbocycles. The molecular formula is C27H36N6O5S. The van der Waals surface area contributed by atoms with Gasteiger partial charge in [-0.25, -0.2) is 18.6 Å². The Balaban J connectivity index is 1.68. The van der Waals surface area contributed by atoms with Crippen LogP contribution in [0.15, 0.2) is 36.5 Å². The quantitative estimate of drug-likeness (QED) is 0.415. The second-order valence-corrected chi connectivity index (χ2v) is 12.3. The number of fused-ring (bicyclic) bond motifs is 4. The number of sulfonamides is 1. The van der Waals surface area contributed by atoms with Gasteiger partial charge in [-0.05, 0) is 61.8 Å². The number of carbonyl (C=O) groups is 3. The summed E-state index contributed by atoms with van der Waals surface area (Å²) in [6.07, 6.45) is 5.97. The van der Waals surface area contributed by atoms with Crippen LogP contribution < -0.4 is 20.8 Å². The summed E-state index contributed by atoms with van der Waals surface area (Å²) in [6.45, 7) is 7.25. The van der Waals surface area contributed by atoms with Crippen molar-refractivity contribution in [3.63, 3.8) is 0 Å². The summed E-state index contributed by atoms with van der Waals surface area (Å²) < 4.78 is 28.1. The lowest BCUT2D eigenvalue weighted by Gasteiger charge is -2.35. The summed E-state index contributed by atoms with van der Waals surface area (Å²) in [5.41, 5.74) is 4.48. The average molecular weight is 557 g/mol. The molecule has 0 unspecified atom stereocenters. The van der Waals surface area contributed by atoms with Crippen LogP contribution in [0.5, 0.6) is 0 Å². The predicted octanol–water partition coefficient (Wildman–Crippen LogP) is 1.38. The zero-order chi connectivity index (χ0) is 28.3. The summed E-state index contributed by atoms with van der Waals surface area (Å²) in [5.74, 6) is -1.96. The molecule has 2 aromatic rings. The Morgan fingerprint density at radius 2 is 1.74 bits per heavy atom. The van der Waals surface area contributed by atoms with Gasteiger partial charge in [0.05, 0.1) is 17.5 Å². The first-order valence-electron chi connectivity index (χ1n) is 13.2. The minimum atomic E-state index is -3.86. The third kappa shape index (κ3) is 7.00. The minimum absolute atomic E-state index is 0.227. The third-order valence-electron chi connectivity index (χ3n) is 6.98. The van der Waals surface area contributed by atoms with E-state index in [2.05, 4.69) is 25.8 Å². The number of carbonyl (C=O) groups excluding carboxylic acids is 3. The van der Waals surface area contributed by atoms with Gasteiger partial charge in [-0.2, -0.15) is 0 Å². The predicted molar refractivity (Wildman–Crippen MR) is 148 cm³/mol. The maximum absolute atomic E-state index is 13.1. The largest absolute Gasteiger partial charge is 0.348 e. The van der Waals surface area contributed by atoms with Gasteiger partial charge >= 0.3 is 0 Å². The van der Waals surface area contributed by atoms with Gasteiger partial charge in [0.15, 0.2) is 0 Å². The molecule has 4 N–H and O–H groups in total. The second kappa shape index (κ2) is 11.8. The fourth-order valence-corrected chi connectivity index (χ4v) is 5.91. The summed E-state index contributed by atoms with van der Waals surface area (Å²) in [7, 11) is -3.86. The highest BCUT2D eigenvalue weighted by Gasteiger charge is 2.33. The number of hydrogen-bond donors (Lipinski definition) is 4. The lowest BCUT2D eigenvalue weighted by atomic mass is 10.0.